The molecule has 0 saturated carbocycles. The number of anilines is 1. The van der Waals surface area contributed by atoms with E-state index in [0.717, 1.165) is 13.1 Å². The minimum Gasteiger partial charge on any atom is -0.363 e. The molecule has 92 valence electrons. The van der Waals surface area contributed by atoms with E-state index in [1.165, 1.54) is 27.9 Å². The van der Waals surface area contributed by atoms with Crippen LogP contribution in [0.5, 0.6) is 0 Å². The van der Waals surface area contributed by atoms with Crippen LogP contribution >= 0.6 is 0 Å². The van der Waals surface area contributed by atoms with Gasteiger partial charge in [-0.1, -0.05) is 30.3 Å². The van der Waals surface area contributed by atoms with E-state index in [4.69, 9.17) is 5.73 Å². The van der Waals surface area contributed by atoms with Crippen molar-refractivity contribution in [2.24, 2.45) is 5.73 Å². The third kappa shape index (κ3) is 1.89. The van der Waals surface area contributed by atoms with Crippen molar-refractivity contribution in [2.45, 2.75) is 26.6 Å². The molecule has 3 rings (SSSR count). The number of benzene rings is 2. The van der Waals surface area contributed by atoms with Gasteiger partial charge in [0.15, 0.2) is 0 Å². The van der Waals surface area contributed by atoms with Gasteiger partial charge in [-0.05, 0) is 41.3 Å². The zero-order valence-corrected chi connectivity index (χ0v) is 10.7. The molecule has 0 saturated heterocycles. The highest BCUT2D eigenvalue weighted by Gasteiger charge is 2.18. The van der Waals surface area contributed by atoms with Crippen molar-refractivity contribution in [3.05, 3.63) is 64.7 Å². The van der Waals surface area contributed by atoms with Gasteiger partial charge >= 0.3 is 0 Å². The van der Waals surface area contributed by atoms with Gasteiger partial charge in [-0.15, -0.1) is 0 Å². The molecule has 2 aromatic carbocycles. The van der Waals surface area contributed by atoms with Crippen LogP contribution in [0, 0.1) is 6.92 Å². The Morgan fingerprint density at radius 3 is 2.28 bits per heavy atom. The van der Waals surface area contributed by atoms with Crippen LogP contribution in [-0.4, -0.2) is 0 Å². The predicted molar refractivity (Wildman–Crippen MR) is 75.4 cm³/mol. The molecular formula is C16H18N2. The summed E-state index contributed by atoms with van der Waals surface area (Å²) in [6.45, 7) is 4.77. The Balaban J connectivity index is 1.88. The second kappa shape index (κ2) is 4.46. The summed E-state index contributed by atoms with van der Waals surface area (Å²) in [6.07, 6.45) is 0. The van der Waals surface area contributed by atoms with Crippen LogP contribution in [0.15, 0.2) is 42.5 Å². The Morgan fingerprint density at radius 2 is 1.72 bits per heavy atom. The van der Waals surface area contributed by atoms with Crippen molar-refractivity contribution in [3.8, 4) is 0 Å². The van der Waals surface area contributed by atoms with Crippen molar-refractivity contribution in [2.75, 3.05) is 4.90 Å². The first-order chi connectivity index (χ1) is 8.78. The van der Waals surface area contributed by atoms with Crippen LogP contribution in [0.4, 0.5) is 5.69 Å². The molecule has 1 aliphatic heterocycles. The van der Waals surface area contributed by atoms with Gasteiger partial charge < -0.3 is 10.6 Å². The van der Waals surface area contributed by atoms with Crippen LogP contribution in [-0.2, 0) is 19.6 Å². The quantitative estimate of drug-likeness (QED) is 0.871. The molecule has 0 amide bonds. The summed E-state index contributed by atoms with van der Waals surface area (Å²) in [5.41, 5.74) is 12.4. The highest BCUT2D eigenvalue weighted by atomic mass is 15.1. The molecule has 0 aromatic heterocycles. The monoisotopic (exact) mass is 238 g/mol. The average Bonchev–Trinajstić information content (AvgIpc) is 2.82. The first kappa shape index (κ1) is 11.3. The fraction of sp³-hybridized carbons (Fsp3) is 0.250. The van der Waals surface area contributed by atoms with E-state index in [1.54, 1.807) is 0 Å². The van der Waals surface area contributed by atoms with Crippen molar-refractivity contribution in [3.63, 3.8) is 0 Å². The lowest BCUT2D eigenvalue weighted by Gasteiger charge is -2.19. The molecule has 0 fully saturated rings. The second-order valence-corrected chi connectivity index (χ2v) is 4.94. The maximum absolute atomic E-state index is 5.71. The van der Waals surface area contributed by atoms with Crippen molar-refractivity contribution < 1.29 is 0 Å². The maximum Gasteiger partial charge on any atom is 0.0436 e. The molecule has 2 N–H and O–H groups in total. The van der Waals surface area contributed by atoms with Gasteiger partial charge in [0.05, 0.1) is 0 Å². The van der Waals surface area contributed by atoms with Crippen molar-refractivity contribution >= 4 is 5.69 Å². The van der Waals surface area contributed by atoms with Crippen LogP contribution in [0.25, 0.3) is 0 Å². The van der Waals surface area contributed by atoms with Crippen molar-refractivity contribution in [1.29, 1.82) is 0 Å². The lowest BCUT2D eigenvalue weighted by molar-refractivity contribution is 0.877. The minimum atomic E-state index is 0.617. The van der Waals surface area contributed by atoms with Crippen molar-refractivity contribution in [1.82, 2.24) is 0 Å². The number of rotatable bonds is 2. The highest BCUT2D eigenvalue weighted by Crippen LogP contribution is 2.29. The van der Waals surface area contributed by atoms with Crippen LogP contribution in [0.3, 0.4) is 0 Å². The molecule has 0 atom stereocenters. The topological polar surface area (TPSA) is 29.3 Å². The number of aryl methyl sites for hydroxylation is 1. The fourth-order valence-corrected chi connectivity index (χ4v) is 2.62. The molecule has 18 heavy (non-hydrogen) atoms. The van der Waals surface area contributed by atoms with Gasteiger partial charge in [0.25, 0.3) is 0 Å². The standard InChI is InChI=1S/C16H18N2/c1-12-8-16(7-6-13(12)9-17)18-10-14-4-2-3-5-15(14)11-18/h2-8H,9-11,17H2,1H3. The molecular weight excluding hydrogens is 220 g/mol. The summed E-state index contributed by atoms with van der Waals surface area (Å²) in [5.74, 6) is 0. The Kier molecular flexibility index (Phi) is 2.80. The molecule has 2 nitrogen and oxygen atoms in total. The van der Waals surface area contributed by atoms with Gasteiger partial charge in [-0.2, -0.15) is 0 Å². The normalized spacial score (nSPS) is 13.8. The first-order valence-corrected chi connectivity index (χ1v) is 6.39. The largest absolute Gasteiger partial charge is 0.363 e. The summed E-state index contributed by atoms with van der Waals surface area (Å²) in [5, 5.41) is 0. The second-order valence-electron chi connectivity index (χ2n) is 4.94. The van der Waals surface area contributed by atoms with Gasteiger partial charge in [-0.3, -0.25) is 0 Å². The molecule has 0 bridgehead atoms. The molecule has 1 heterocycles. The SMILES string of the molecule is Cc1cc(N2Cc3ccccc3C2)ccc1CN. The van der Waals surface area contributed by atoms with E-state index >= 15 is 0 Å². The van der Waals surface area contributed by atoms with Gasteiger partial charge in [0, 0.05) is 25.3 Å². The number of nitrogens with zero attached hydrogens (tertiary/aromatic N) is 1. The van der Waals surface area contributed by atoms with E-state index in [9.17, 15) is 0 Å². The summed E-state index contributed by atoms with van der Waals surface area (Å²) in [7, 11) is 0. The summed E-state index contributed by atoms with van der Waals surface area (Å²) in [6, 6.07) is 15.2. The zero-order chi connectivity index (χ0) is 12.5. The molecule has 2 aromatic rings. The van der Waals surface area contributed by atoms with Crippen LogP contribution in [0.2, 0.25) is 0 Å². The van der Waals surface area contributed by atoms with Gasteiger partial charge in [0.2, 0.25) is 0 Å². The Labute approximate surface area is 108 Å². The lowest BCUT2D eigenvalue weighted by Crippen LogP contribution is -2.14. The van der Waals surface area contributed by atoms with Crippen LogP contribution in [0.1, 0.15) is 22.3 Å². The molecule has 0 aliphatic carbocycles. The smallest absolute Gasteiger partial charge is 0.0436 e. The third-order valence-electron chi connectivity index (χ3n) is 3.75. The average molecular weight is 238 g/mol. The third-order valence-corrected chi connectivity index (χ3v) is 3.75. The van der Waals surface area contributed by atoms with E-state index in [1.807, 2.05) is 0 Å². The lowest BCUT2D eigenvalue weighted by atomic mass is 10.1. The molecule has 1 aliphatic rings. The maximum atomic E-state index is 5.71. The van der Waals surface area contributed by atoms with E-state index < -0.39 is 0 Å². The number of hydrogen-bond donors (Lipinski definition) is 1. The van der Waals surface area contributed by atoms with Gasteiger partial charge in [0.1, 0.15) is 0 Å². The molecule has 0 unspecified atom stereocenters. The summed E-state index contributed by atoms with van der Waals surface area (Å²) >= 11 is 0. The Hall–Kier alpha value is -1.80. The predicted octanol–water partition coefficient (Wildman–Crippen LogP) is 2.97. The Bertz CT molecular complexity index is 550. The number of nitrogens with two attached hydrogens (primary N) is 1. The zero-order valence-electron chi connectivity index (χ0n) is 10.7. The van der Waals surface area contributed by atoms with Crippen LogP contribution < -0.4 is 10.6 Å². The summed E-state index contributed by atoms with van der Waals surface area (Å²) in [4.78, 5) is 2.41. The highest BCUT2D eigenvalue weighted by molar-refractivity contribution is 5.54. The molecule has 0 spiro atoms. The fourth-order valence-electron chi connectivity index (χ4n) is 2.62. The van der Waals surface area contributed by atoms with Gasteiger partial charge in [-0.25, -0.2) is 0 Å². The minimum absolute atomic E-state index is 0.617. The number of fused-ring (bicyclic) bond motifs is 1. The number of hydrogen-bond acceptors (Lipinski definition) is 2. The van der Waals surface area contributed by atoms with E-state index in [-0.39, 0.29) is 0 Å². The van der Waals surface area contributed by atoms with E-state index in [0.29, 0.717) is 6.54 Å². The molecule has 2 heteroatoms. The Morgan fingerprint density at radius 1 is 1.06 bits per heavy atom. The van der Waals surface area contributed by atoms with E-state index in [2.05, 4.69) is 54.3 Å². The first-order valence-electron chi connectivity index (χ1n) is 6.39. The summed E-state index contributed by atoms with van der Waals surface area (Å²) < 4.78 is 0. The molecule has 0 radical (unpaired) electrons.